The summed E-state index contributed by atoms with van der Waals surface area (Å²) in [6.07, 6.45) is -2.77. The van der Waals surface area contributed by atoms with E-state index in [9.17, 15) is 14.0 Å². The zero-order valence-corrected chi connectivity index (χ0v) is 12.3. The maximum Gasteiger partial charge on any atom is 0.417 e. The summed E-state index contributed by atoms with van der Waals surface area (Å²) in [6.45, 7) is 0. The van der Waals surface area contributed by atoms with Gasteiger partial charge >= 0.3 is 12.5 Å². The Kier molecular flexibility index (Phi) is 4.03. The average Bonchev–Trinajstić information content (AvgIpc) is 2.51. The summed E-state index contributed by atoms with van der Waals surface area (Å²) >= 11 is 5.74. The molecule has 2 aromatic rings. The zero-order valence-electron chi connectivity index (χ0n) is 11.5. The van der Waals surface area contributed by atoms with Gasteiger partial charge in [-0.2, -0.15) is 4.39 Å². The molecule has 1 unspecified atom stereocenters. The third kappa shape index (κ3) is 3.51. The minimum absolute atomic E-state index is 0.175. The molecule has 2 aromatic carbocycles. The molecule has 1 atom stereocenters. The molecule has 0 saturated carbocycles. The molecular formula is C15H10ClFN2O4. The number of carbonyl (C=O) groups is 2. The molecule has 0 bridgehead atoms. The molecule has 23 heavy (non-hydrogen) atoms. The number of benzene rings is 2. The molecule has 0 fully saturated rings. The zero-order chi connectivity index (χ0) is 16.4. The van der Waals surface area contributed by atoms with Crippen LogP contribution in [0.25, 0.3) is 0 Å². The monoisotopic (exact) mass is 336 g/mol. The summed E-state index contributed by atoms with van der Waals surface area (Å²) in [5, 5.41) is 5.34. The highest BCUT2D eigenvalue weighted by molar-refractivity contribution is 6.30. The van der Waals surface area contributed by atoms with E-state index >= 15 is 0 Å². The Morgan fingerprint density at radius 3 is 2.74 bits per heavy atom. The van der Waals surface area contributed by atoms with Gasteiger partial charge in [-0.25, -0.2) is 4.79 Å². The maximum atomic E-state index is 13.1. The van der Waals surface area contributed by atoms with Crippen molar-refractivity contribution in [3.05, 3.63) is 47.5 Å². The molecule has 1 heterocycles. The van der Waals surface area contributed by atoms with Crippen LogP contribution in [0.2, 0.25) is 5.02 Å². The van der Waals surface area contributed by atoms with Crippen molar-refractivity contribution >= 4 is 35.0 Å². The molecule has 0 spiro atoms. The van der Waals surface area contributed by atoms with Crippen molar-refractivity contribution in [2.45, 2.75) is 6.36 Å². The number of halogens is 2. The fourth-order valence-corrected chi connectivity index (χ4v) is 2.04. The first-order valence-corrected chi connectivity index (χ1v) is 6.89. The molecule has 0 aromatic heterocycles. The smallest absolute Gasteiger partial charge is 0.417 e. The van der Waals surface area contributed by atoms with Crippen LogP contribution in [-0.2, 0) is 4.79 Å². The van der Waals surface area contributed by atoms with Gasteiger partial charge in [0, 0.05) is 10.7 Å². The molecule has 0 saturated heterocycles. The van der Waals surface area contributed by atoms with Gasteiger partial charge in [0.05, 0.1) is 5.69 Å². The van der Waals surface area contributed by atoms with E-state index in [0.29, 0.717) is 16.5 Å². The van der Waals surface area contributed by atoms with E-state index in [1.165, 1.54) is 18.2 Å². The van der Waals surface area contributed by atoms with Gasteiger partial charge in [-0.1, -0.05) is 11.6 Å². The Morgan fingerprint density at radius 2 is 2.00 bits per heavy atom. The first kappa shape index (κ1) is 15.1. The Labute approximate surface area is 135 Å². The number of carbonyl (C=O) groups excluding carboxylic acids is 2. The van der Waals surface area contributed by atoms with Gasteiger partial charge in [0.15, 0.2) is 0 Å². The lowest BCUT2D eigenvalue weighted by Gasteiger charge is -2.21. The summed E-state index contributed by atoms with van der Waals surface area (Å²) in [5.41, 5.74) is 0.608. The lowest BCUT2D eigenvalue weighted by atomic mass is 10.2. The number of alkyl halides is 1. The predicted molar refractivity (Wildman–Crippen MR) is 81.7 cm³/mol. The van der Waals surface area contributed by atoms with Gasteiger partial charge in [-0.05, 0) is 42.5 Å². The largest absolute Gasteiger partial charge is 0.450 e. The molecule has 6 nitrogen and oxygen atoms in total. The van der Waals surface area contributed by atoms with Crippen LogP contribution in [0.1, 0.15) is 0 Å². The molecule has 2 N–H and O–H groups in total. The Morgan fingerprint density at radius 1 is 1.26 bits per heavy atom. The molecule has 118 valence electrons. The minimum Gasteiger partial charge on any atom is -0.450 e. The highest BCUT2D eigenvalue weighted by Crippen LogP contribution is 2.32. The molecule has 2 amide bonds. The minimum atomic E-state index is -2.05. The van der Waals surface area contributed by atoms with Crippen LogP contribution in [0.5, 0.6) is 11.5 Å². The van der Waals surface area contributed by atoms with Crippen LogP contribution in [0, 0.1) is 0 Å². The van der Waals surface area contributed by atoms with Crippen molar-refractivity contribution < 1.29 is 23.5 Å². The molecule has 0 aliphatic carbocycles. The van der Waals surface area contributed by atoms with E-state index in [1.807, 2.05) is 0 Å². The lowest BCUT2D eigenvalue weighted by Crippen LogP contribution is -2.33. The van der Waals surface area contributed by atoms with Crippen LogP contribution in [0.3, 0.4) is 0 Å². The third-order valence-corrected chi connectivity index (χ3v) is 3.20. The normalized spacial score (nSPS) is 15.9. The Hall–Kier alpha value is -2.80. The second-order valence-corrected chi connectivity index (χ2v) is 5.04. The average molecular weight is 337 g/mol. The molecular weight excluding hydrogens is 327 g/mol. The van der Waals surface area contributed by atoms with Crippen molar-refractivity contribution in [1.82, 2.24) is 0 Å². The first-order valence-electron chi connectivity index (χ1n) is 6.51. The maximum absolute atomic E-state index is 13.1. The quantitative estimate of drug-likeness (QED) is 0.878. The van der Waals surface area contributed by atoms with Crippen molar-refractivity contribution in [3.8, 4) is 11.5 Å². The van der Waals surface area contributed by atoms with Gasteiger partial charge < -0.3 is 14.8 Å². The second kappa shape index (κ2) is 6.13. The fourth-order valence-electron chi connectivity index (χ4n) is 1.92. The lowest BCUT2D eigenvalue weighted by molar-refractivity contribution is -0.130. The number of hydrogen-bond acceptors (Lipinski definition) is 4. The van der Waals surface area contributed by atoms with E-state index in [2.05, 4.69) is 10.6 Å². The van der Waals surface area contributed by atoms with Crippen molar-refractivity contribution in [2.75, 3.05) is 10.6 Å². The summed E-state index contributed by atoms with van der Waals surface area (Å²) in [5.74, 6) is -0.408. The SMILES string of the molecule is O=C(Nc1ccc2c(c1)NC(=O)C(F)O2)Oc1ccc(Cl)cc1. The number of rotatable bonds is 2. The number of ether oxygens (including phenoxy) is 2. The van der Waals surface area contributed by atoms with Crippen molar-refractivity contribution in [3.63, 3.8) is 0 Å². The molecule has 1 aliphatic heterocycles. The number of fused-ring (bicyclic) bond motifs is 1. The second-order valence-electron chi connectivity index (χ2n) is 4.60. The van der Waals surface area contributed by atoms with Gasteiger partial charge in [0.25, 0.3) is 5.91 Å². The van der Waals surface area contributed by atoms with Crippen LogP contribution in [0.15, 0.2) is 42.5 Å². The van der Waals surface area contributed by atoms with Crippen molar-refractivity contribution in [1.29, 1.82) is 0 Å². The standard InChI is InChI=1S/C15H10ClFN2O4/c16-8-1-4-10(5-2-8)22-15(21)18-9-3-6-12-11(7-9)19-14(20)13(17)23-12/h1-7,13H,(H,18,21)(H,19,20). The molecule has 3 rings (SSSR count). The van der Waals surface area contributed by atoms with Crippen LogP contribution in [0.4, 0.5) is 20.6 Å². The number of hydrogen-bond donors (Lipinski definition) is 2. The van der Waals surface area contributed by atoms with Crippen LogP contribution < -0.4 is 20.1 Å². The van der Waals surface area contributed by atoms with E-state index in [-0.39, 0.29) is 11.4 Å². The molecule has 1 aliphatic rings. The predicted octanol–water partition coefficient (Wildman–Crippen LogP) is 3.58. The summed E-state index contributed by atoms with van der Waals surface area (Å²) in [7, 11) is 0. The number of anilines is 2. The van der Waals surface area contributed by atoms with Crippen LogP contribution in [-0.4, -0.2) is 18.4 Å². The topological polar surface area (TPSA) is 76.7 Å². The van der Waals surface area contributed by atoms with Gasteiger partial charge in [-0.3, -0.25) is 10.1 Å². The first-order chi connectivity index (χ1) is 11.0. The molecule has 8 heteroatoms. The highest BCUT2D eigenvalue weighted by Gasteiger charge is 2.27. The number of amides is 2. The van der Waals surface area contributed by atoms with Crippen LogP contribution >= 0.6 is 11.6 Å². The summed E-state index contributed by atoms with van der Waals surface area (Å²) in [4.78, 5) is 23.0. The summed E-state index contributed by atoms with van der Waals surface area (Å²) in [6, 6.07) is 10.6. The van der Waals surface area contributed by atoms with E-state index in [0.717, 1.165) is 0 Å². The number of nitrogens with one attached hydrogen (secondary N) is 2. The van der Waals surface area contributed by atoms with E-state index in [1.54, 1.807) is 24.3 Å². The highest BCUT2D eigenvalue weighted by atomic mass is 35.5. The molecule has 0 radical (unpaired) electrons. The fraction of sp³-hybridized carbons (Fsp3) is 0.0667. The van der Waals surface area contributed by atoms with Crippen molar-refractivity contribution in [2.24, 2.45) is 0 Å². The van der Waals surface area contributed by atoms with E-state index < -0.39 is 18.4 Å². The van der Waals surface area contributed by atoms with Gasteiger partial charge in [0.2, 0.25) is 0 Å². The summed E-state index contributed by atoms with van der Waals surface area (Å²) < 4.78 is 22.9. The third-order valence-electron chi connectivity index (χ3n) is 2.94. The van der Waals surface area contributed by atoms with Gasteiger partial charge in [-0.15, -0.1) is 0 Å². The van der Waals surface area contributed by atoms with E-state index in [4.69, 9.17) is 21.1 Å². The Balaban J connectivity index is 1.68. The Bertz CT molecular complexity index is 767. The van der Waals surface area contributed by atoms with Gasteiger partial charge in [0.1, 0.15) is 11.5 Å².